The Morgan fingerprint density at radius 1 is 1.32 bits per heavy atom. The summed E-state index contributed by atoms with van der Waals surface area (Å²) in [4.78, 5) is 13.6. The van der Waals surface area contributed by atoms with E-state index in [-0.39, 0.29) is 5.91 Å². The van der Waals surface area contributed by atoms with E-state index in [1.165, 1.54) is 0 Å². The van der Waals surface area contributed by atoms with Crippen LogP contribution in [0.5, 0.6) is 5.75 Å². The molecule has 0 radical (unpaired) electrons. The van der Waals surface area contributed by atoms with Gasteiger partial charge >= 0.3 is 0 Å². The summed E-state index contributed by atoms with van der Waals surface area (Å²) in [6.07, 6.45) is 1.32. The highest BCUT2D eigenvalue weighted by Crippen LogP contribution is 2.15. The smallest absolute Gasteiger partial charge is 0.223 e. The van der Waals surface area contributed by atoms with E-state index in [0.717, 1.165) is 18.7 Å². The van der Waals surface area contributed by atoms with E-state index in [4.69, 9.17) is 16.3 Å². The van der Waals surface area contributed by atoms with Gasteiger partial charge in [0, 0.05) is 11.6 Å². The summed E-state index contributed by atoms with van der Waals surface area (Å²) >= 11 is 5.77. The lowest BCUT2D eigenvalue weighted by Crippen LogP contribution is -2.28. The van der Waals surface area contributed by atoms with Crippen LogP contribution in [-0.4, -0.2) is 44.6 Å². The average molecular weight is 285 g/mol. The second kappa shape index (κ2) is 8.77. The minimum Gasteiger partial charge on any atom is -0.493 e. The second-order valence-corrected chi connectivity index (χ2v) is 5.00. The largest absolute Gasteiger partial charge is 0.493 e. The van der Waals surface area contributed by atoms with Crippen molar-refractivity contribution in [2.75, 3.05) is 33.8 Å². The molecular formula is C14H21ClN2O2. The van der Waals surface area contributed by atoms with Crippen LogP contribution in [0.1, 0.15) is 12.8 Å². The molecule has 0 aliphatic carbocycles. The first-order chi connectivity index (χ1) is 9.08. The van der Waals surface area contributed by atoms with Crippen molar-refractivity contribution in [3.05, 3.63) is 29.3 Å². The van der Waals surface area contributed by atoms with Crippen molar-refractivity contribution < 1.29 is 9.53 Å². The lowest BCUT2D eigenvalue weighted by Gasteiger charge is -2.10. The molecule has 1 rings (SSSR count). The Balaban J connectivity index is 2.08. The minimum absolute atomic E-state index is 0.0210. The van der Waals surface area contributed by atoms with Crippen LogP contribution in [0, 0.1) is 0 Å². The van der Waals surface area contributed by atoms with Gasteiger partial charge in [-0.1, -0.05) is 11.6 Å². The Bertz CT molecular complexity index is 380. The number of halogens is 1. The molecule has 0 atom stereocenters. The fraction of sp³-hybridized carbons (Fsp3) is 0.500. The molecule has 0 unspecified atom stereocenters. The van der Waals surface area contributed by atoms with Crippen molar-refractivity contribution in [3.63, 3.8) is 0 Å². The molecule has 0 saturated carbocycles. The van der Waals surface area contributed by atoms with Crippen molar-refractivity contribution in [1.82, 2.24) is 10.2 Å². The molecular weight excluding hydrogens is 264 g/mol. The van der Waals surface area contributed by atoms with Crippen LogP contribution in [0.25, 0.3) is 0 Å². The molecule has 0 heterocycles. The van der Waals surface area contributed by atoms with Crippen molar-refractivity contribution in [3.8, 4) is 5.75 Å². The van der Waals surface area contributed by atoms with E-state index in [1.54, 1.807) is 24.3 Å². The van der Waals surface area contributed by atoms with Crippen LogP contribution < -0.4 is 10.1 Å². The molecule has 0 aromatic heterocycles. The quantitative estimate of drug-likeness (QED) is 0.744. The molecule has 0 bridgehead atoms. The maximum Gasteiger partial charge on any atom is 0.223 e. The third-order valence-electron chi connectivity index (χ3n) is 2.52. The van der Waals surface area contributed by atoms with Gasteiger partial charge in [0.15, 0.2) is 0 Å². The Morgan fingerprint density at radius 2 is 2.00 bits per heavy atom. The maximum atomic E-state index is 11.5. The SMILES string of the molecule is CN(C)CCCNC(=O)CCOc1ccc(Cl)cc1. The number of nitrogens with zero attached hydrogens (tertiary/aromatic N) is 1. The molecule has 5 heteroatoms. The monoisotopic (exact) mass is 284 g/mol. The van der Waals surface area contributed by atoms with Gasteiger partial charge in [-0.25, -0.2) is 0 Å². The summed E-state index contributed by atoms with van der Waals surface area (Å²) in [5.74, 6) is 0.748. The number of nitrogens with one attached hydrogen (secondary N) is 1. The Morgan fingerprint density at radius 3 is 2.63 bits per heavy atom. The molecule has 4 nitrogen and oxygen atoms in total. The Kier molecular flexibility index (Phi) is 7.30. The molecule has 19 heavy (non-hydrogen) atoms. The van der Waals surface area contributed by atoms with Gasteiger partial charge < -0.3 is 15.0 Å². The Hall–Kier alpha value is -1.26. The molecule has 0 fully saturated rings. The highest BCUT2D eigenvalue weighted by molar-refractivity contribution is 6.30. The van der Waals surface area contributed by atoms with E-state index < -0.39 is 0 Å². The summed E-state index contributed by atoms with van der Waals surface area (Å²) < 4.78 is 5.45. The third-order valence-corrected chi connectivity index (χ3v) is 2.77. The minimum atomic E-state index is 0.0210. The third kappa shape index (κ3) is 7.70. The van der Waals surface area contributed by atoms with Crippen molar-refractivity contribution in [2.45, 2.75) is 12.8 Å². The van der Waals surface area contributed by atoms with Crippen LogP contribution in [0.15, 0.2) is 24.3 Å². The molecule has 0 aliphatic rings. The van der Waals surface area contributed by atoms with Crippen LogP contribution in [0.3, 0.4) is 0 Å². The predicted octanol–water partition coefficient (Wildman–Crippen LogP) is 2.18. The van der Waals surface area contributed by atoms with Gasteiger partial charge in [0.05, 0.1) is 13.0 Å². The number of ether oxygens (including phenoxy) is 1. The van der Waals surface area contributed by atoms with Gasteiger partial charge in [-0.15, -0.1) is 0 Å². The standard InChI is InChI=1S/C14H21ClN2O2/c1-17(2)10-3-9-16-14(18)8-11-19-13-6-4-12(15)5-7-13/h4-7H,3,8-11H2,1-2H3,(H,16,18). The van der Waals surface area contributed by atoms with Crippen LogP contribution >= 0.6 is 11.6 Å². The molecule has 0 spiro atoms. The lowest BCUT2D eigenvalue weighted by molar-refractivity contribution is -0.121. The van der Waals surface area contributed by atoms with Gasteiger partial charge in [-0.3, -0.25) is 4.79 Å². The first-order valence-corrected chi connectivity index (χ1v) is 6.75. The molecule has 1 aromatic carbocycles. The van der Waals surface area contributed by atoms with Crippen LogP contribution in [0.2, 0.25) is 5.02 Å². The molecule has 0 saturated heterocycles. The lowest BCUT2D eigenvalue weighted by atomic mass is 10.3. The summed E-state index contributed by atoms with van der Waals surface area (Å²) in [6, 6.07) is 7.10. The summed E-state index contributed by atoms with van der Waals surface area (Å²) in [5.41, 5.74) is 0. The number of carbonyl (C=O) groups excluding carboxylic acids is 1. The van der Waals surface area contributed by atoms with E-state index in [1.807, 2.05) is 14.1 Å². The normalized spacial score (nSPS) is 10.5. The van der Waals surface area contributed by atoms with Gasteiger partial charge in [-0.2, -0.15) is 0 Å². The molecule has 1 amide bonds. The van der Waals surface area contributed by atoms with Gasteiger partial charge in [0.2, 0.25) is 5.91 Å². The first-order valence-electron chi connectivity index (χ1n) is 6.38. The number of rotatable bonds is 8. The van der Waals surface area contributed by atoms with Gasteiger partial charge in [0.1, 0.15) is 5.75 Å². The average Bonchev–Trinajstić information content (AvgIpc) is 2.37. The number of hydrogen-bond donors (Lipinski definition) is 1. The van der Waals surface area contributed by atoms with Crippen LogP contribution in [-0.2, 0) is 4.79 Å². The number of hydrogen-bond acceptors (Lipinski definition) is 3. The summed E-state index contributed by atoms with van der Waals surface area (Å²) in [5, 5.41) is 3.54. The van der Waals surface area contributed by atoms with E-state index in [0.29, 0.717) is 24.6 Å². The fourth-order valence-electron chi connectivity index (χ4n) is 1.50. The van der Waals surface area contributed by atoms with Crippen LogP contribution in [0.4, 0.5) is 0 Å². The molecule has 1 aromatic rings. The Labute approximate surface area is 119 Å². The number of amides is 1. The number of benzene rings is 1. The van der Waals surface area contributed by atoms with Crippen molar-refractivity contribution in [1.29, 1.82) is 0 Å². The van der Waals surface area contributed by atoms with Gasteiger partial charge in [0.25, 0.3) is 0 Å². The maximum absolute atomic E-state index is 11.5. The van der Waals surface area contributed by atoms with E-state index in [2.05, 4.69) is 10.2 Å². The molecule has 106 valence electrons. The highest BCUT2D eigenvalue weighted by atomic mass is 35.5. The summed E-state index contributed by atoms with van der Waals surface area (Å²) in [7, 11) is 4.03. The van der Waals surface area contributed by atoms with E-state index >= 15 is 0 Å². The zero-order chi connectivity index (χ0) is 14.1. The van der Waals surface area contributed by atoms with Gasteiger partial charge in [-0.05, 0) is 51.3 Å². The molecule has 0 aliphatic heterocycles. The zero-order valence-corrected chi connectivity index (χ0v) is 12.2. The summed E-state index contributed by atoms with van der Waals surface area (Å²) in [6.45, 7) is 2.06. The van der Waals surface area contributed by atoms with Crippen molar-refractivity contribution in [2.24, 2.45) is 0 Å². The predicted molar refractivity (Wildman–Crippen MR) is 77.7 cm³/mol. The first kappa shape index (κ1) is 15.8. The second-order valence-electron chi connectivity index (χ2n) is 4.56. The number of carbonyl (C=O) groups is 1. The molecule has 1 N–H and O–H groups in total. The topological polar surface area (TPSA) is 41.6 Å². The zero-order valence-electron chi connectivity index (χ0n) is 11.5. The fourth-order valence-corrected chi connectivity index (χ4v) is 1.63. The highest BCUT2D eigenvalue weighted by Gasteiger charge is 2.01. The van der Waals surface area contributed by atoms with E-state index in [9.17, 15) is 4.79 Å². The van der Waals surface area contributed by atoms with Crippen molar-refractivity contribution >= 4 is 17.5 Å².